The highest BCUT2D eigenvalue weighted by Gasteiger charge is 2.20. The lowest BCUT2D eigenvalue weighted by Crippen LogP contribution is -2.31. The number of thiol groups is 1. The van der Waals surface area contributed by atoms with Gasteiger partial charge in [0.25, 0.3) is 5.91 Å². The van der Waals surface area contributed by atoms with Crippen molar-refractivity contribution in [2.75, 3.05) is 26.8 Å². The number of halogens is 2. The van der Waals surface area contributed by atoms with Crippen molar-refractivity contribution in [1.82, 2.24) is 23.9 Å². The van der Waals surface area contributed by atoms with Crippen molar-refractivity contribution in [1.29, 1.82) is 0 Å². The Hall–Kier alpha value is -1.66. The van der Waals surface area contributed by atoms with Crippen LogP contribution in [0.15, 0.2) is 34.4 Å². The molecule has 3 aromatic rings. The summed E-state index contributed by atoms with van der Waals surface area (Å²) >= 11 is 14.0. The molecule has 1 amide bonds. The van der Waals surface area contributed by atoms with Gasteiger partial charge in [-0.15, -0.1) is 0 Å². The van der Waals surface area contributed by atoms with Gasteiger partial charge in [-0.3, -0.25) is 13.7 Å². The third kappa shape index (κ3) is 5.28. The van der Waals surface area contributed by atoms with Crippen LogP contribution in [0, 0.1) is 0 Å². The second-order valence-corrected chi connectivity index (χ2v) is 10.6. The summed E-state index contributed by atoms with van der Waals surface area (Å²) in [5.74, 6) is -0.209. The van der Waals surface area contributed by atoms with E-state index in [0.29, 0.717) is 44.4 Å². The fraction of sp³-hybridized carbons (Fsp3) is 0.350. The highest BCUT2D eigenvalue weighted by atomic mass is 79.9. The van der Waals surface area contributed by atoms with Crippen LogP contribution < -0.4 is 0 Å². The Morgan fingerprint density at radius 1 is 1.47 bits per heavy atom. The van der Waals surface area contributed by atoms with Crippen molar-refractivity contribution in [3.05, 3.63) is 45.8 Å². The fourth-order valence-electron chi connectivity index (χ4n) is 3.09. The predicted molar refractivity (Wildman–Crippen MR) is 134 cm³/mol. The van der Waals surface area contributed by atoms with Crippen LogP contribution >= 0.6 is 40.3 Å². The number of fused-ring (bicyclic) bond motifs is 1. The molecule has 2 unspecified atom stereocenters. The Morgan fingerprint density at radius 2 is 2.19 bits per heavy atom. The zero-order chi connectivity index (χ0) is 23.6. The number of amides is 1. The van der Waals surface area contributed by atoms with Gasteiger partial charge in [-0.1, -0.05) is 24.3 Å². The molecule has 172 valence electrons. The van der Waals surface area contributed by atoms with E-state index in [1.807, 2.05) is 6.92 Å². The lowest BCUT2D eigenvalue weighted by molar-refractivity contribution is 0.0693. The first kappa shape index (κ1) is 25.0. The molecule has 0 spiro atoms. The molecule has 2 heterocycles. The molecule has 2 atom stereocenters. The van der Waals surface area contributed by atoms with Crippen molar-refractivity contribution < 1.29 is 13.7 Å². The Kier molecular flexibility index (Phi) is 8.21. The number of carbonyl (C=O) groups excluding carboxylic acids is 1. The molecule has 2 aromatic heterocycles. The van der Waals surface area contributed by atoms with Gasteiger partial charge in [-0.05, 0) is 47.8 Å². The summed E-state index contributed by atoms with van der Waals surface area (Å²) in [6.07, 6.45) is 3.34. The quantitative estimate of drug-likeness (QED) is 0.318. The molecule has 0 radical (unpaired) electrons. The molecule has 1 aromatic carbocycles. The van der Waals surface area contributed by atoms with Crippen LogP contribution in [-0.2, 0) is 22.6 Å². The van der Waals surface area contributed by atoms with Crippen LogP contribution in [0.25, 0.3) is 17.0 Å². The van der Waals surface area contributed by atoms with E-state index < -0.39 is 10.8 Å². The van der Waals surface area contributed by atoms with Crippen molar-refractivity contribution >= 4 is 74.0 Å². The van der Waals surface area contributed by atoms with Gasteiger partial charge in [0.2, 0.25) is 0 Å². The second kappa shape index (κ2) is 10.5. The number of carbonyl (C=O) groups is 1. The monoisotopic (exact) mass is 559 g/mol. The van der Waals surface area contributed by atoms with Crippen molar-refractivity contribution in [3.8, 4) is 0 Å². The minimum Gasteiger partial charge on any atom is -0.378 e. The van der Waals surface area contributed by atoms with E-state index in [-0.39, 0.29) is 17.8 Å². The number of aryl methyl sites for hydroxylation is 1. The molecule has 0 saturated heterocycles. The summed E-state index contributed by atoms with van der Waals surface area (Å²) in [5, 5.41) is 9.24. The molecule has 0 aliphatic heterocycles. The molecule has 8 nitrogen and oxygen atoms in total. The number of ether oxygens (including phenoxy) is 1. The SMILES string of the molecule is C=Cc1cn(C)nc1C(=O)N(C)CCOCC(C)S(=O)c1cc(Cl)c2c(c1)c(Br)nn2S. The third-order valence-corrected chi connectivity index (χ3v) is 7.52. The average Bonchev–Trinajstić information content (AvgIpc) is 3.28. The third-order valence-electron chi connectivity index (χ3n) is 4.79. The largest absolute Gasteiger partial charge is 0.378 e. The van der Waals surface area contributed by atoms with Gasteiger partial charge in [0.15, 0.2) is 5.69 Å². The molecule has 3 rings (SSSR count). The van der Waals surface area contributed by atoms with Crippen molar-refractivity contribution in [2.24, 2.45) is 7.05 Å². The zero-order valence-electron chi connectivity index (χ0n) is 17.8. The van der Waals surface area contributed by atoms with Gasteiger partial charge in [0.1, 0.15) is 10.1 Å². The number of benzene rings is 1. The Morgan fingerprint density at radius 3 is 2.88 bits per heavy atom. The molecule has 0 fully saturated rings. The summed E-state index contributed by atoms with van der Waals surface area (Å²) in [4.78, 5) is 14.7. The molecule has 0 saturated carbocycles. The first-order valence-electron chi connectivity index (χ1n) is 9.61. The molecule has 32 heavy (non-hydrogen) atoms. The van der Waals surface area contributed by atoms with Gasteiger partial charge in [0, 0.05) is 42.7 Å². The van der Waals surface area contributed by atoms with E-state index >= 15 is 0 Å². The van der Waals surface area contributed by atoms with E-state index in [2.05, 4.69) is 45.5 Å². The average molecular weight is 561 g/mol. The Bertz CT molecular complexity index is 1200. The van der Waals surface area contributed by atoms with Gasteiger partial charge in [-0.2, -0.15) is 10.2 Å². The molecule has 0 aliphatic carbocycles. The Balaban J connectivity index is 1.55. The van der Waals surface area contributed by atoms with Crippen LogP contribution in [0.1, 0.15) is 23.0 Å². The number of rotatable bonds is 9. The van der Waals surface area contributed by atoms with Crippen LogP contribution in [0.3, 0.4) is 0 Å². The van der Waals surface area contributed by atoms with E-state index in [0.717, 1.165) is 5.39 Å². The summed E-state index contributed by atoms with van der Waals surface area (Å²) in [6, 6.07) is 3.45. The lowest BCUT2D eigenvalue weighted by atomic mass is 10.2. The van der Waals surface area contributed by atoms with E-state index in [1.54, 1.807) is 43.2 Å². The number of hydrogen-bond donors (Lipinski definition) is 1. The zero-order valence-corrected chi connectivity index (χ0v) is 21.8. The number of nitrogens with zero attached hydrogens (tertiary/aromatic N) is 5. The van der Waals surface area contributed by atoms with Gasteiger partial charge in [-0.25, -0.2) is 4.09 Å². The minimum absolute atomic E-state index is 0.209. The van der Waals surface area contributed by atoms with Crippen molar-refractivity contribution in [3.63, 3.8) is 0 Å². The topological polar surface area (TPSA) is 82.2 Å². The van der Waals surface area contributed by atoms with Crippen LogP contribution in [-0.4, -0.2) is 66.0 Å². The molecular formula is C20H23BrClN5O3S2. The summed E-state index contributed by atoms with van der Waals surface area (Å²) in [6.45, 7) is 6.49. The highest BCUT2D eigenvalue weighted by Crippen LogP contribution is 2.32. The fourth-order valence-corrected chi connectivity index (χ4v) is 5.55. The first-order valence-corrected chi connectivity index (χ1v) is 12.4. The van der Waals surface area contributed by atoms with Gasteiger partial charge in [0.05, 0.1) is 34.3 Å². The Labute approximate surface area is 207 Å². The number of aromatic nitrogens is 4. The summed E-state index contributed by atoms with van der Waals surface area (Å²) in [5.41, 5.74) is 1.68. The van der Waals surface area contributed by atoms with Gasteiger partial charge >= 0.3 is 0 Å². The molecule has 0 aliphatic rings. The van der Waals surface area contributed by atoms with Crippen LogP contribution in [0.5, 0.6) is 0 Å². The smallest absolute Gasteiger partial charge is 0.274 e. The van der Waals surface area contributed by atoms with Gasteiger partial charge < -0.3 is 9.64 Å². The highest BCUT2D eigenvalue weighted by molar-refractivity contribution is 9.10. The van der Waals surface area contributed by atoms with Crippen molar-refractivity contribution in [2.45, 2.75) is 17.1 Å². The molecule has 0 bridgehead atoms. The maximum atomic E-state index is 13.0. The molecular weight excluding hydrogens is 538 g/mol. The summed E-state index contributed by atoms with van der Waals surface area (Å²) in [7, 11) is 2.09. The maximum absolute atomic E-state index is 13.0. The normalized spacial score (nSPS) is 13.3. The van der Waals surface area contributed by atoms with Crippen LogP contribution in [0.2, 0.25) is 5.02 Å². The number of likely N-dealkylation sites (N-methyl/N-ethyl adjacent to an activating group) is 1. The standard InChI is InChI=1S/C20H23BrClN5O3S2/c1-5-13-10-26(4)23-17(13)20(28)25(3)6-7-30-11-12(2)32(29)14-8-15-18(16(22)9-14)27(31)24-19(15)21/h5,8-10,12,31H,1,6-7,11H2,2-4H3. The second-order valence-electron chi connectivity index (χ2n) is 7.20. The number of hydrogen-bond acceptors (Lipinski definition) is 6. The predicted octanol–water partition coefficient (Wildman–Crippen LogP) is 3.81. The van der Waals surface area contributed by atoms with Crippen LogP contribution in [0.4, 0.5) is 0 Å². The lowest BCUT2D eigenvalue weighted by Gasteiger charge is -2.18. The van der Waals surface area contributed by atoms with E-state index in [1.165, 1.54) is 8.99 Å². The summed E-state index contributed by atoms with van der Waals surface area (Å²) < 4.78 is 22.2. The van der Waals surface area contributed by atoms with E-state index in [4.69, 9.17) is 16.3 Å². The molecule has 12 heteroatoms. The minimum atomic E-state index is -1.34. The molecule has 0 N–H and O–H groups in total. The first-order chi connectivity index (χ1) is 15.1. The van der Waals surface area contributed by atoms with E-state index in [9.17, 15) is 9.00 Å². The maximum Gasteiger partial charge on any atom is 0.274 e.